The number of pyridine rings is 2. The Morgan fingerprint density at radius 1 is 1.05 bits per heavy atom. The number of fused-ring (bicyclic) bond motifs is 4. The van der Waals surface area contributed by atoms with Crippen molar-refractivity contribution in [2.24, 2.45) is 11.8 Å². The van der Waals surface area contributed by atoms with Crippen LogP contribution in [-0.4, -0.2) is 53.4 Å². The highest BCUT2D eigenvalue weighted by Crippen LogP contribution is 2.47. The second-order valence-electron chi connectivity index (χ2n) is 10.5. The lowest BCUT2D eigenvalue weighted by molar-refractivity contribution is -0.128. The number of piperidine rings is 1. The average molecular weight is 533 g/mol. The smallest absolute Gasteiger partial charge is 0.245 e. The first-order valence-electron chi connectivity index (χ1n) is 13.4. The number of anilines is 2. The molecule has 40 heavy (non-hydrogen) atoms. The van der Waals surface area contributed by atoms with Crippen LogP contribution < -0.4 is 10.1 Å². The topological polar surface area (TPSA) is 110 Å². The Balaban J connectivity index is 1.13. The van der Waals surface area contributed by atoms with E-state index in [9.17, 15) is 4.79 Å². The first-order valence-corrected chi connectivity index (χ1v) is 13.4. The van der Waals surface area contributed by atoms with Gasteiger partial charge in [-0.2, -0.15) is 5.10 Å². The molecular weight excluding hydrogens is 504 g/mol. The molecule has 5 aromatic rings. The van der Waals surface area contributed by atoms with Crippen molar-refractivity contribution < 1.29 is 9.53 Å². The van der Waals surface area contributed by atoms with Crippen LogP contribution in [0.5, 0.6) is 11.5 Å². The van der Waals surface area contributed by atoms with Crippen molar-refractivity contribution in [1.29, 1.82) is 0 Å². The molecule has 2 aliphatic rings. The molecule has 0 spiro atoms. The van der Waals surface area contributed by atoms with Crippen LogP contribution >= 0.6 is 0 Å². The number of hydrogen-bond donors (Lipinski definition) is 1. The van der Waals surface area contributed by atoms with Crippen LogP contribution in [-0.2, 0) is 4.79 Å². The maximum Gasteiger partial charge on any atom is 0.245 e. The Kier molecular flexibility index (Phi) is 5.87. The van der Waals surface area contributed by atoms with Crippen LogP contribution in [0.4, 0.5) is 11.5 Å². The van der Waals surface area contributed by atoms with E-state index in [4.69, 9.17) is 9.72 Å². The zero-order valence-corrected chi connectivity index (χ0v) is 22.1. The van der Waals surface area contributed by atoms with Crippen molar-refractivity contribution in [3.8, 4) is 11.5 Å². The van der Waals surface area contributed by atoms with E-state index in [-0.39, 0.29) is 5.91 Å². The van der Waals surface area contributed by atoms with Crippen LogP contribution in [0.3, 0.4) is 0 Å². The fourth-order valence-electron chi connectivity index (χ4n) is 6.21. The zero-order valence-electron chi connectivity index (χ0n) is 22.1. The zero-order chi connectivity index (χ0) is 27.2. The van der Waals surface area contributed by atoms with Gasteiger partial charge in [0.25, 0.3) is 0 Å². The van der Waals surface area contributed by atoms with Gasteiger partial charge in [-0.25, -0.2) is 24.5 Å². The highest BCUT2D eigenvalue weighted by Gasteiger charge is 2.44. The number of carbonyl (C=O) groups excluding carboxylic acids is 1. The summed E-state index contributed by atoms with van der Waals surface area (Å²) in [5.41, 5.74) is 5.14. The summed E-state index contributed by atoms with van der Waals surface area (Å²) in [4.78, 5) is 32.5. The Morgan fingerprint density at radius 2 is 1.90 bits per heavy atom. The van der Waals surface area contributed by atoms with Crippen molar-refractivity contribution in [3.05, 3.63) is 85.2 Å². The number of aryl methyl sites for hydroxylation is 1. The van der Waals surface area contributed by atoms with Gasteiger partial charge < -0.3 is 15.0 Å². The Morgan fingerprint density at radius 3 is 2.70 bits per heavy atom. The SMILES string of the molecule is C=CC(=O)N1C[C@H]2CC[C@@H](C1)[C@@H]2c1ccc2ncnc(Nc3ccc(Oc4ccn5ncnc5c4)c(C)c3)c2n1. The normalized spacial score (nSPS) is 20.1. The molecule has 7 rings (SSSR count). The molecule has 2 bridgehead atoms. The third-order valence-corrected chi connectivity index (χ3v) is 8.08. The lowest BCUT2D eigenvalue weighted by atomic mass is 9.82. The van der Waals surface area contributed by atoms with E-state index in [1.807, 2.05) is 54.4 Å². The van der Waals surface area contributed by atoms with Crippen LogP contribution in [0.2, 0.25) is 0 Å². The molecule has 1 aromatic carbocycles. The molecule has 10 nitrogen and oxygen atoms in total. The van der Waals surface area contributed by atoms with Crippen LogP contribution in [0, 0.1) is 18.8 Å². The summed E-state index contributed by atoms with van der Waals surface area (Å²) in [6.07, 6.45) is 8.51. The molecule has 1 saturated carbocycles. The fraction of sp³-hybridized carbons (Fsp3) is 0.267. The molecule has 1 aliphatic carbocycles. The molecule has 200 valence electrons. The number of benzene rings is 1. The van der Waals surface area contributed by atoms with Crippen LogP contribution in [0.25, 0.3) is 16.7 Å². The maximum absolute atomic E-state index is 12.2. The largest absolute Gasteiger partial charge is 0.457 e. The molecule has 10 heteroatoms. The molecule has 1 aliphatic heterocycles. The van der Waals surface area contributed by atoms with Gasteiger partial charge in [0, 0.05) is 42.7 Å². The van der Waals surface area contributed by atoms with Gasteiger partial charge in [-0.05, 0) is 79.6 Å². The minimum Gasteiger partial charge on any atom is -0.457 e. The average Bonchev–Trinajstić information content (AvgIpc) is 3.54. The predicted octanol–water partition coefficient (Wildman–Crippen LogP) is 5.05. The van der Waals surface area contributed by atoms with Crippen LogP contribution in [0.15, 0.2) is 74.0 Å². The van der Waals surface area contributed by atoms with E-state index in [0.29, 0.717) is 29.3 Å². The molecule has 3 atom stereocenters. The van der Waals surface area contributed by atoms with Crippen molar-refractivity contribution in [2.75, 3.05) is 18.4 Å². The van der Waals surface area contributed by atoms with Crippen molar-refractivity contribution in [2.45, 2.75) is 25.7 Å². The summed E-state index contributed by atoms with van der Waals surface area (Å²) < 4.78 is 7.81. The quantitative estimate of drug-likeness (QED) is 0.303. The van der Waals surface area contributed by atoms with Gasteiger partial charge >= 0.3 is 0 Å². The predicted molar refractivity (Wildman–Crippen MR) is 151 cm³/mol. The van der Waals surface area contributed by atoms with Gasteiger partial charge in [-0.3, -0.25) is 4.79 Å². The van der Waals surface area contributed by atoms with Gasteiger partial charge in [-0.1, -0.05) is 6.58 Å². The minimum atomic E-state index is 0.0183. The fourth-order valence-corrected chi connectivity index (χ4v) is 6.21. The first-order chi connectivity index (χ1) is 19.6. The van der Waals surface area contributed by atoms with Gasteiger partial charge in [0.05, 0.1) is 5.52 Å². The van der Waals surface area contributed by atoms with Gasteiger partial charge in [-0.15, -0.1) is 0 Å². The van der Waals surface area contributed by atoms with Gasteiger partial charge in [0.1, 0.15) is 29.7 Å². The summed E-state index contributed by atoms with van der Waals surface area (Å²) in [5, 5.41) is 7.56. The van der Waals surface area contributed by atoms with E-state index in [1.165, 1.54) is 12.4 Å². The number of aromatic nitrogens is 6. The molecule has 4 aromatic heterocycles. The number of ether oxygens (including phenoxy) is 1. The molecule has 2 fully saturated rings. The number of carbonyl (C=O) groups is 1. The van der Waals surface area contributed by atoms with E-state index in [1.54, 1.807) is 10.8 Å². The molecular formula is C30H28N8O2. The highest BCUT2D eigenvalue weighted by atomic mass is 16.5. The Hall–Kier alpha value is -4.86. The summed E-state index contributed by atoms with van der Waals surface area (Å²) >= 11 is 0. The molecule has 1 amide bonds. The van der Waals surface area contributed by atoms with Crippen molar-refractivity contribution in [1.82, 2.24) is 34.4 Å². The summed E-state index contributed by atoms with van der Waals surface area (Å²) in [6.45, 7) is 7.17. The molecule has 5 heterocycles. The van der Waals surface area contributed by atoms with E-state index in [0.717, 1.165) is 65.3 Å². The van der Waals surface area contributed by atoms with Gasteiger partial charge in [0.2, 0.25) is 5.91 Å². The second kappa shape index (κ2) is 9.71. The molecule has 0 unspecified atom stereocenters. The highest BCUT2D eigenvalue weighted by molar-refractivity contribution is 5.88. The summed E-state index contributed by atoms with van der Waals surface area (Å²) in [7, 11) is 0. The lowest BCUT2D eigenvalue weighted by Crippen LogP contribution is -2.43. The molecule has 1 saturated heterocycles. The molecule has 0 radical (unpaired) electrons. The lowest BCUT2D eigenvalue weighted by Gasteiger charge is -2.37. The minimum absolute atomic E-state index is 0.0183. The number of amides is 1. The summed E-state index contributed by atoms with van der Waals surface area (Å²) in [5.74, 6) is 3.23. The Labute approximate surface area is 230 Å². The van der Waals surface area contributed by atoms with Crippen molar-refractivity contribution >= 4 is 34.1 Å². The third-order valence-electron chi connectivity index (χ3n) is 8.08. The number of nitrogens with zero attached hydrogens (tertiary/aromatic N) is 7. The number of rotatable bonds is 6. The maximum atomic E-state index is 12.2. The summed E-state index contributed by atoms with van der Waals surface area (Å²) in [6, 6.07) is 13.7. The van der Waals surface area contributed by atoms with E-state index < -0.39 is 0 Å². The van der Waals surface area contributed by atoms with E-state index >= 15 is 0 Å². The Bertz CT molecular complexity index is 1750. The molecule has 1 N–H and O–H groups in total. The van der Waals surface area contributed by atoms with Crippen LogP contribution in [0.1, 0.15) is 30.0 Å². The first kappa shape index (κ1) is 24.2. The number of hydrogen-bond acceptors (Lipinski definition) is 8. The third kappa shape index (κ3) is 4.31. The monoisotopic (exact) mass is 532 g/mol. The number of likely N-dealkylation sites (tertiary alicyclic amines) is 1. The standard InChI is InChI=1S/C30H28N8O2/c1-3-27(39)37-14-19-4-5-20(15-37)28(19)23-7-8-24-29(36-23)30(33-16-31-24)35-21-6-9-25(18(2)12-21)40-22-10-11-38-26(13-22)32-17-34-38/h3,6-13,16-17,19-20,28H,1,4-5,14-15H2,2H3,(H,31,33,35)/t19-,20+,28-. The van der Waals surface area contributed by atoms with Crippen molar-refractivity contribution in [3.63, 3.8) is 0 Å². The second-order valence-corrected chi connectivity index (χ2v) is 10.5. The van der Waals surface area contributed by atoms with Gasteiger partial charge in [0.15, 0.2) is 11.5 Å². The number of nitrogens with one attached hydrogen (secondary N) is 1. The van der Waals surface area contributed by atoms with E-state index in [2.05, 4.69) is 38.0 Å².